The zero-order chi connectivity index (χ0) is 16.0. The standard InChI is InChI=1S/C17H27NO3/c1-12(2)15-8-7-14(11-13(15)3)21-10-9-17(4,18-5)16(19)20-6/h7-8,11-12,18H,9-10H2,1-6H3. The number of nitrogens with one attached hydrogen (secondary N) is 1. The van der Waals surface area contributed by atoms with Crippen LogP contribution in [0.5, 0.6) is 5.75 Å². The zero-order valence-electron chi connectivity index (χ0n) is 13.9. The average Bonchev–Trinajstić information content (AvgIpc) is 2.45. The summed E-state index contributed by atoms with van der Waals surface area (Å²) in [5.41, 5.74) is 1.84. The summed E-state index contributed by atoms with van der Waals surface area (Å²) in [6.07, 6.45) is 0.543. The Hall–Kier alpha value is -1.55. The quantitative estimate of drug-likeness (QED) is 0.785. The van der Waals surface area contributed by atoms with Crippen LogP contribution in [0.2, 0.25) is 0 Å². The van der Waals surface area contributed by atoms with Crippen LogP contribution in [0, 0.1) is 6.92 Å². The molecule has 4 nitrogen and oxygen atoms in total. The Morgan fingerprint density at radius 3 is 2.52 bits per heavy atom. The van der Waals surface area contributed by atoms with E-state index in [9.17, 15) is 4.79 Å². The molecule has 1 N–H and O–H groups in total. The van der Waals surface area contributed by atoms with E-state index >= 15 is 0 Å². The fourth-order valence-corrected chi connectivity index (χ4v) is 2.31. The highest BCUT2D eigenvalue weighted by atomic mass is 16.5. The topological polar surface area (TPSA) is 47.6 Å². The molecule has 118 valence electrons. The van der Waals surface area contributed by atoms with Crippen molar-refractivity contribution < 1.29 is 14.3 Å². The van der Waals surface area contributed by atoms with E-state index < -0.39 is 5.54 Å². The van der Waals surface area contributed by atoms with Gasteiger partial charge in [0.15, 0.2) is 0 Å². The summed E-state index contributed by atoms with van der Waals surface area (Å²) in [5, 5.41) is 3.00. The molecule has 1 aromatic rings. The Balaban J connectivity index is 2.64. The van der Waals surface area contributed by atoms with Gasteiger partial charge < -0.3 is 14.8 Å². The molecule has 1 rings (SSSR count). The molecule has 4 heteroatoms. The fourth-order valence-electron chi connectivity index (χ4n) is 2.31. The van der Waals surface area contributed by atoms with Crippen LogP contribution in [0.25, 0.3) is 0 Å². The van der Waals surface area contributed by atoms with Crippen LogP contribution in [0.1, 0.15) is 44.2 Å². The summed E-state index contributed by atoms with van der Waals surface area (Å²) in [7, 11) is 3.14. The summed E-state index contributed by atoms with van der Waals surface area (Å²) in [6, 6.07) is 6.13. The molecule has 0 aliphatic carbocycles. The molecule has 1 unspecified atom stereocenters. The maximum absolute atomic E-state index is 11.7. The number of rotatable bonds is 7. The second-order valence-electron chi connectivity index (χ2n) is 5.85. The summed E-state index contributed by atoms with van der Waals surface area (Å²) in [5.74, 6) is 1.06. The molecule has 0 amide bonds. The summed E-state index contributed by atoms with van der Waals surface area (Å²) >= 11 is 0. The SMILES string of the molecule is CNC(C)(CCOc1ccc(C(C)C)c(C)c1)C(=O)OC. The lowest BCUT2D eigenvalue weighted by atomic mass is 9.98. The molecule has 0 aromatic heterocycles. The number of carbonyl (C=O) groups excluding carboxylic acids is 1. The van der Waals surface area contributed by atoms with Crippen molar-refractivity contribution in [2.24, 2.45) is 0 Å². The van der Waals surface area contributed by atoms with Crippen LogP contribution < -0.4 is 10.1 Å². The second kappa shape index (κ2) is 7.46. The van der Waals surface area contributed by atoms with Gasteiger partial charge in [-0.05, 0) is 50.1 Å². The number of ether oxygens (including phenoxy) is 2. The number of hydrogen-bond donors (Lipinski definition) is 1. The first kappa shape index (κ1) is 17.5. The van der Waals surface area contributed by atoms with Gasteiger partial charge in [-0.2, -0.15) is 0 Å². The largest absolute Gasteiger partial charge is 0.493 e. The van der Waals surface area contributed by atoms with Gasteiger partial charge in [-0.15, -0.1) is 0 Å². The Morgan fingerprint density at radius 2 is 2.05 bits per heavy atom. The first-order chi connectivity index (χ1) is 9.84. The first-order valence-corrected chi connectivity index (χ1v) is 7.34. The van der Waals surface area contributed by atoms with Crippen molar-refractivity contribution in [2.45, 2.75) is 45.6 Å². The first-order valence-electron chi connectivity index (χ1n) is 7.34. The fraction of sp³-hybridized carbons (Fsp3) is 0.588. The van der Waals surface area contributed by atoms with Crippen molar-refractivity contribution in [3.63, 3.8) is 0 Å². The molecule has 0 aliphatic heterocycles. The van der Waals surface area contributed by atoms with Crippen LogP contribution in [0.3, 0.4) is 0 Å². The van der Waals surface area contributed by atoms with E-state index in [0.717, 1.165) is 5.75 Å². The molecule has 21 heavy (non-hydrogen) atoms. The van der Waals surface area contributed by atoms with Gasteiger partial charge in [0.2, 0.25) is 0 Å². The lowest BCUT2D eigenvalue weighted by molar-refractivity contribution is -0.148. The third-order valence-electron chi connectivity index (χ3n) is 3.92. The Labute approximate surface area is 127 Å². The minimum Gasteiger partial charge on any atom is -0.493 e. The van der Waals surface area contributed by atoms with E-state index in [2.05, 4.69) is 32.2 Å². The number of esters is 1. The Morgan fingerprint density at radius 1 is 1.38 bits per heavy atom. The summed E-state index contributed by atoms with van der Waals surface area (Å²) in [6.45, 7) is 8.71. The lowest BCUT2D eigenvalue weighted by Gasteiger charge is -2.26. The molecule has 0 saturated heterocycles. The second-order valence-corrected chi connectivity index (χ2v) is 5.85. The van der Waals surface area contributed by atoms with Gasteiger partial charge >= 0.3 is 5.97 Å². The van der Waals surface area contributed by atoms with Crippen LogP contribution in [-0.4, -0.2) is 32.3 Å². The maximum atomic E-state index is 11.7. The number of methoxy groups -OCH3 is 1. The third kappa shape index (κ3) is 4.46. The molecule has 0 bridgehead atoms. The third-order valence-corrected chi connectivity index (χ3v) is 3.92. The molecule has 0 aliphatic rings. The number of benzene rings is 1. The lowest BCUT2D eigenvalue weighted by Crippen LogP contribution is -2.49. The Bertz CT molecular complexity index is 485. The highest BCUT2D eigenvalue weighted by molar-refractivity contribution is 5.80. The van der Waals surface area contributed by atoms with E-state index in [1.807, 2.05) is 19.1 Å². The van der Waals surface area contributed by atoms with Crippen LogP contribution in [-0.2, 0) is 9.53 Å². The predicted molar refractivity (Wildman–Crippen MR) is 84.9 cm³/mol. The van der Waals surface area contributed by atoms with E-state index in [1.165, 1.54) is 18.2 Å². The molecule has 0 saturated carbocycles. The van der Waals surface area contributed by atoms with Crippen molar-refractivity contribution in [3.8, 4) is 5.75 Å². The number of carbonyl (C=O) groups is 1. The van der Waals surface area contributed by atoms with E-state index in [-0.39, 0.29) is 5.97 Å². The normalized spacial score (nSPS) is 13.9. The van der Waals surface area contributed by atoms with Crippen molar-refractivity contribution >= 4 is 5.97 Å². The molecular weight excluding hydrogens is 266 g/mol. The number of aryl methyl sites for hydroxylation is 1. The Kier molecular flexibility index (Phi) is 6.21. The van der Waals surface area contributed by atoms with Gasteiger partial charge in [0.05, 0.1) is 13.7 Å². The van der Waals surface area contributed by atoms with Gasteiger partial charge in [0.25, 0.3) is 0 Å². The molecule has 1 atom stereocenters. The zero-order valence-corrected chi connectivity index (χ0v) is 13.9. The van der Waals surface area contributed by atoms with Gasteiger partial charge in [-0.3, -0.25) is 4.79 Å². The molecule has 0 spiro atoms. The maximum Gasteiger partial charge on any atom is 0.325 e. The monoisotopic (exact) mass is 293 g/mol. The molecule has 0 fully saturated rings. The highest BCUT2D eigenvalue weighted by Gasteiger charge is 2.32. The van der Waals surface area contributed by atoms with Gasteiger partial charge in [0.1, 0.15) is 11.3 Å². The van der Waals surface area contributed by atoms with E-state index in [0.29, 0.717) is 18.9 Å². The molecule has 1 aromatic carbocycles. The predicted octanol–water partition coefficient (Wildman–Crippen LogP) is 3.04. The molecular formula is C17H27NO3. The molecule has 0 heterocycles. The minimum atomic E-state index is -0.721. The van der Waals surface area contributed by atoms with E-state index in [1.54, 1.807) is 7.05 Å². The van der Waals surface area contributed by atoms with Crippen LogP contribution in [0.4, 0.5) is 0 Å². The highest BCUT2D eigenvalue weighted by Crippen LogP contribution is 2.24. The van der Waals surface area contributed by atoms with Crippen molar-refractivity contribution in [1.82, 2.24) is 5.32 Å². The van der Waals surface area contributed by atoms with Gasteiger partial charge in [-0.1, -0.05) is 19.9 Å². The van der Waals surface area contributed by atoms with E-state index in [4.69, 9.17) is 9.47 Å². The average molecular weight is 293 g/mol. The summed E-state index contributed by atoms with van der Waals surface area (Å²) < 4.78 is 10.6. The van der Waals surface area contributed by atoms with Crippen molar-refractivity contribution in [1.29, 1.82) is 0 Å². The van der Waals surface area contributed by atoms with Gasteiger partial charge in [-0.25, -0.2) is 0 Å². The van der Waals surface area contributed by atoms with Crippen LogP contribution in [0.15, 0.2) is 18.2 Å². The van der Waals surface area contributed by atoms with Crippen LogP contribution >= 0.6 is 0 Å². The number of likely N-dealkylation sites (N-methyl/N-ethyl adjacent to an activating group) is 1. The summed E-state index contributed by atoms with van der Waals surface area (Å²) in [4.78, 5) is 11.7. The van der Waals surface area contributed by atoms with Gasteiger partial charge in [0, 0.05) is 6.42 Å². The smallest absolute Gasteiger partial charge is 0.325 e. The molecule has 0 radical (unpaired) electrons. The minimum absolute atomic E-state index is 0.278. The number of hydrogen-bond acceptors (Lipinski definition) is 4. The van der Waals surface area contributed by atoms with Crippen molar-refractivity contribution in [3.05, 3.63) is 29.3 Å². The van der Waals surface area contributed by atoms with Crippen molar-refractivity contribution in [2.75, 3.05) is 20.8 Å².